The fourth-order valence-corrected chi connectivity index (χ4v) is 3.45. The topological polar surface area (TPSA) is 37.4 Å². The first-order chi connectivity index (χ1) is 11.0. The van der Waals surface area contributed by atoms with E-state index in [1.807, 2.05) is 30.3 Å². The van der Waals surface area contributed by atoms with Gasteiger partial charge in [0.25, 0.3) is 11.1 Å². The van der Waals surface area contributed by atoms with Crippen LogP contribution in [0.25, 0.3) is 6.08 Å². The lowest BCUT2D eigenvalue weighted by molar-refractivity contribution is -0.123. The third kappa shape index (κ3) is 3.61. The maximum absolute atomic E-state index is 12.4. The van der Waals surface area contributed by atoms with Gasteiger partial charge in [-0.2, -0.15) is 0 Å². The molecule has 1 aliphatic heterocycles. The van der Waals surface area contributed by atoms with Crippen LogP contribution in [0.3, 0.4) is 0 Å². The van der Waals surface area contributed by atoms with E-state index >= 15 is 0 Å². The number of thioether (sulfide) groups is 1. The number of amides is 2. The van der Waals surface area contributed by atoms with Gasteiger partial charge in [0.15, 0.2) is 0 Å². The van der Waals surface area contributed by atoms with E-state index in [1.165, 1.54) is 4.90 Å². The number of benzene rings is 2. The Balaban J connectivity index is 1.84. The Morgan fingerprint density at radius 3 is 2.48 bits per heavy atom. The predicted molar refractivity (Wildman–Crippen MR) is 94.4 cm³/mol. The molecule has 2 amide bonds. The molecule has 2 aromatic carbocycles. The van der Waals surface area contributed by atoms with Crippen LogP contribution >= 0.6 is 35.0 Å². The van der Waals surface area contributed by atoms with Crippen molar-refractivity contribution in [3.63, 3.8) is 0 Å². The van der Waals surface area contributed by atoms with Crippen molar-refractivity contribution in [1.82, 2.24) is 4.90 Å². The Labute approximate surface area is 147 Å². The maximum Gasteiger partial charge on any atom is 0.293 e. The van der Waals surface area contributed by atoms with Gasteiger partial charge in [-0.3, -0.25) is 14.5 Å². The highest BCUT2D eigenvalue weighted by molar-refractivity contribution is 8.18. The van der Waals surface area contributed by atoms with Crippen molar-refractivity contribution in [3.8, 4) is 0 Å². The molecule has 0 saturated carbocycles. The molecule has 2 aromatic rings. The van der Waals surface area contributed by atoms with E-state index < -0.39 is 0 Å². The SMILES string of the molecule is O=C1S/C(=C\c2ccc(Cl)cc2Cl)C(=O)N1Cc1ccccc1. The Hall–Kier alpha value is -1.75. The van der Waals surface area contributed by atoms with Crippen molar-refractivity contribution in [2.75, 3.05) is 0 Å². The molecule has 0 aliphatic carbocycles. The lowest BCUT2D eigenvalue weighted by Crippen LogP contribution is -2.27. The van der Waals surface area contributed by atoms with E-state index in [-0.39, 0.29) is 17.7 Å². The molecule has 1 heterocycles. The highest BCUT2D eigenvalue weighted by atomic mass is 35.5. The normalized spacial score (nSPS) is 16.4. The molecule has 6 heteroatoms. The van der Waals surface area contributed by atoms with Crippen LogP contribution in [0.5, 0.6) is 0 Å². The highest BCUT2D eigenvalue weighted by Gasteiger charge is 2.35. The molecule has 0 unspecified atom stereocenters. The van der Waals surface area contributed by atoms with Crippen molar-refractivity contribution in [2.45, 2.75) is 6.54 Å². The van der Waals surface area contributed by atoms with Crippen molar-refractivity contribution in [3.05, 3.63) is 74.6 Å². The van der Waals surface area contributed by atoms with E-state index in [1.54, 1.807) is 24.3 Å². The first-order valence-electron chi connectivity index (χ1n) is 6.79. The zero-order chi connectivity index (χ0) is 16.4. The van der Waals surface area contributed by atoms with Gasteiger partial charge in [-0.05, 0) is 41.1 Å². The fourth-order valence-electron chi connectivity index (χ4n) is 2.16. The summed E-state index contributed by atoms with van der Waals surface area (Å²) >= 11 is 12.9. The van der Waals surface area contributed by atoms with Gasteiger partial charge in [0.1, 0.15) is 0 Å². The van der Waals surface area contributed by atoms with Gasteiger partial charge in [0.2, 0.25) is 0 Å². The zero-order valence-electron chi connectivity index (χ0n) is 11.8. The van der Waals surface area contributed by atoms with Gasteiger partial charge in [0.05, 0.1) is 11.4 Å². The summed E-state index contributed by atoms with van der Waals surface area (Å²) in [5, 5.41) is 0.673. The third-order valence-corrected chi connectivity index (χ3v) is 4.78. The minimum atomic E-state index is -0.310. The van der Waals surface area contributed by atoms with Gasteiger partial charge < -0.3 is 0 Å². The highest BCUT2D eigenvalue weighted by Crippen LogP contribution is 2.34. The number of rotatable bonds is 3. The largest absolute Gasteiger partial charge is 0.293 e. The smallest absolute Gasteiger partial charge is 0.268 e. The van der Waals surface area contributed by atoms with Crippen molar-refractivity contribution in [2.24, 2.45) is 0 Å². The van der Waals surface area contributed by atoms with Crippen molar-refractivity contribution < 1.29 is 9.59 Å². The Morgan fingerprint density at radius 2 is 1.78 bits per heavy atom. The van der Waals surface area contributed by atoms with Crippen LogP contribution in [0.4, 0.5) is 4.79 Å². The predicted octanol–water partition coefficient (Wildman–Crippen LogP) is 5.23. The summed E-state index contributed by atoms with van der Waals surface area (Å²) in [6, 6.07) is 14.4. The first kappa shape index (κ1) is 16.1. The van der Waals surface area contributed by atoms with E-state index in [0.717, 1.165) is 17.3 Å². The van der Waals surface area contributed by atoms with Crippen LogP contribution in [0.15, 0.2) is 53.4 Å². The van der Waals surface area contributed by atoms with Crippen LogP contribution in [0.1, 0.15) is 11.1 Å². The van der Waals surface area contributed by atoms with Crippen molar-refractivity contribution in [1.29, 1.82) is 0 Å². The molecule has 0 aromatic heterocycles. The zero-order valence-corrected chi connectivity index (χ0v) is 14.2. The minimum Gasteiger partial charge on any atom is -0.268 e. The number of hydrogen-bond donors (Lipinski definition) is 0. The molecule has 0 atom stereocenters. The Kier molecular flexibility index (Phi) is 4.76. The average molecular weight is 364 g/mol. The standard InChI is InChI=1S/C17H11Cl2NO2S/c18-13-7-6-12(14(19)9-13)8-15-16(21)20(17(22)23-15)10-11-4-2-1-3-5-11/h1-9H,10H2/b15-8-. The summed E-state index contributed by atoms with van der Waals surface area (Å²) < 4.78 is 0. The molecule has 1 saturated heterocycles. The Morgan fingerprint density at radius 1 is 1.04 bits per heavy atom. The van der Waals surface area contributed by atoms with Crippen LogP contribution in [-0.2, 0) is 11.3 Å². The molecule has 0 spiro atoms. The van der Waals surface area contributed by atoms with E-state index in [4.69, 9.17) is 23.2 Å². The molecule has 3 nitrogen and oxygen atoms in total. The number of imide groups is 1. The maximum atomic E-state index is 12.4. The quantitative estimate of drug-likeness (QED) is 0.700. The number of carbonyl (C=O) groups is 2. The summed E-state index contributed by atoms with van der Waals surface area (Å²) in [7, 11) is 0. The molecule has 1 aliphatic rings. The van der Waals surface area contributed by atoms with Gasteiger partial charge in [0, 0.05) is 10.0 Å². The number of halogens is 2. The second-order valence-corrected chi connectivity index (χ2v) is 6.76. The molecule has 23 heavy (non-hydrogen) atoms. The minimum absolute atomic E-state index is 0.261. The van der Waals surface area contributed by atoms with Gasteiger partial charge in [-0.25, -0.2) is 0 Å². The van der Waals surface area contributed by atoms with Gasteiger partial charge in [-0.15, -0.1) is 0 Å². The second kappa shape index (κ2) is 6.79. The molecule has 116 valence electrons. The molecular weight excluding hydrogens is 353 g/mol. The lowest BCUT2D eigenvalue weighted by Gasteiger charge is -2.12. The number of hydrogen-bond acceptors (Lipinski definition) is 3. The number of nitrogens with zero attached hydrogens (tertiary/aromatic N) is 1. The van der Waals surface area contributed by atoms with E-state index in [0.29, 0.717) is 20.5 Å². The van der Waals surface area contributed by atoms with Crippen LogP contribution in [0.2, 0.25) is 10.0 Å². The summed E-state index contributed by atoms with van der Waals surface area (Å²) in [6.07, 6.45) is 1.62. The summed E-state index contributed by atoms with van der Waals surface area (Å²) in [4.78, 5) is 26.1. The molecule has 3 rings (SSSR count). The first-order valence-corrected chi connectivity index (χ1v) is 8.36. The molecule has 0 radical (unpaired) electrons. The summed E-state index contributed by atoms with van der Waals surface area (Å²) in [5.41, 5.74) is 1.56. The monoisotopic (exact) mass is 363 g/mol. The van der Waals surface area contributed by atoms with E-state index in [9.17, 15) is 9.59 Å². The van der Waals surface area contributed by atoms with Crippen LogP contribution in [0, 0.1) is 0 Å². The third-order valence-electron chi connectivity index (χ3n) is 3.31. The van der Waals surface area contributed by atoms with Crippen molar-refractivity contribution >= 4 is 52.2 Å². The fraction of sp³-hybridized carbons (Fsp3) is 0.0588. The van der Waals surface area contributed by atoms with Gasteiger partial charge >= 0.3 is 0 Å². The number of carbonyl (C=O) groups excluding carboxylic acids is 2. The van der Waals surface area contributed by atoms with E-state index in [2.05, 4.69) is 0 Å². The molecule has 0 N–H and O–H groups in total. The van der Waals surface area contributed by atoms with Crippen LogP contribution in [-0.4, -0.2) is 16.0 Å². The molecular formula is C17H11Cl2NO2S. The second-order valence-electron chi connectivity index (χ2n) is 4.92. The van der Waals surface area contributed by atoms with Crippen LogP contribution < -0.4 is 0 Å². The molecule has 1 fully saturated rings. The van der Waals surface area contributed by atoms with Gasteiger partial charge in [-0.1, -0.05) is 59.6 Å². The Bertz CT molecular complexity index is 805. The lowest BCUT2D eigenvalue weighted by atomic mass is 10.2. The summed E-state index contributed by atoms with van der Waals surface area (Å²) in [6.45, 7) is 0.261. The average Bonchev–Trinajstić information content (AvgIpc) is 2.79. The summed E-state index contributed by atoms with van der Waals surface area (Å²) in [5.74, 6) is -0.310. The molecule has 0 bridgehead atoms.